The first-order valence-electron chi connectivity index (χ1n) is 9.91. The summed E-state index contributed by atoms with van der Waals surface area (Å²) in [5.74, 6) is 1.33. The predicted octanol–water partition coefficient (Wildman–Crippen LogP) is 6.31. The standard InChI is InChI=1S/C24H29NO/c1-3-18(2)17-26-24-14-12-23(13-15-24)22-10-8-21(9-11-22)20-6-4-19(16-25)5-7-20/h4-11,18,23-24H,3,12-15,17H2,1-2H3. The highest BCUT2D eigenvalue weighted by Gasteiger charge is 2.23. The third-order valence-electron chi connectivity index (χ3n) is 5.72. The van der Waals surface area contributed by atoms with Crippen molar-refractivity contribution in [3.8, 4) is 17.2 Å². The van der Waals surface area contributed by atoms with Crippen LogP contribution in [0, 0.1) is 17.2 Å². The molecule has 0 spiro atoms. The Bertz CT molecular complexity index is 718. The first kappa shape index (κ1) is 18.7. The van der Waals surface area contributed by atoms with Gasteiger partial charge in [0, 0.05) is 6.61 Å². The first-order chi connectivity index (χ1) is 12.7. The lowest BCUT2D eigenvalue weighted by Crippen LogP contribution is -2.22. The minimum absolute atomic E-state index is 0.457. The van der Waals surface area contributed by atoms with E-state index in [2.05, 4.69) is 44.2 Å². The van der Waals surface area contributed by atoms with E-state index in [4.69, 9.17) is 10.00 Å². The van der Waals surface area contributed by atoms with Crippen molar-refractivity contribution < 1.29 is 4.74 Å². The minimum atomic E-state index is 0.457. The molecule has 1 saturated carbocycles. The van der Waals surface area contributed by atoms with E-state index in [9.17, 15) is 0 Å². The smallest absolute Gasteiger partial charge is 0.0991 e. The fourth-order valence-electron chi connectivity index (χ4n) is 3.67. The van der Waals surface area contributed by atoms with Crippen LogP contribution in [0.15, 0.2) is 48.5 Å². The van der Waals surface area contributed by atoms with Gasteiger partial charge in [-0.25, -0.2) is 0 Å². The minimum Gasteiger partial charge on any atom is -0.378 e. The lowest BCUT2D eigenvalue weighted by atomic mass is 9.82. The molecular formula is C24H29NO. The molecule has 1 fully saturated rings. The molecule has 0 aliphatic heterocycles. The molecule has 1 atom stereocenters. The summed E-state index contributed by atoms with van der Waals surface area (Å²) in [5, 5.41) is 8.91. The van der Waals surface area contributed by atoms with E-state index >= 15 is 0 Å². The summed E-state index contributed by atoms with van der Waals surface area (Å²) in [6, 6.07) is 18.9. The van der Waals surface area contributed by atoms with E-state index in [-0.39, 0.29) is 0 Å². The average Bonchev–Trinajstić information content (AvgIpc) is 2.72. The maximum atomic E-state index is 8.91. The molecule has 2 heteroatoms. The molecule has 2 aromatic carbocycles. The normalized spacial score (nSPS) is 21.1. The fourth-order valence-corrected chi connectivity index (χ4v) is 3.67. The molecule has 2 nitrogen and oxygen atoms in total. The number of nitriles is 1. The van der Waals surface area contributed by atoms with Crippen molar-refractivity contribution in [2.75, 3.05) is 6.61 Å². The first-order valence-corrected chi connectivity index (χ1v) is 9.91. The number of nitrogens with zero attached hydrogens (tertiary/aromatic N) is 1. The molecule has 136 valence electrons. The van der Waals surface area contributed by atoms with Crippen LogP contribution < -0.4 is 0 Å². The predicted molar refractivity (Wildman–Crippen MR) is 107 cm³/mol. The second kappa shape index (κ2) is 9.01. The van der Waals surface area contributed by atoms with E-state index in [0.717, 1.165) is 12.2 Å². The third-order valence-corrected chi connectivity index (χ3v) is 5.72. The zero-order valence-corrected chi connectivity index (χ0v) is 15.9. The van der Waals surface area contributed by atoms with Crippen LogP contribution in [0.25, 0.3) is 11.1 Å². The van der Waals surface area contributed by atoms with Gasteiger partial charge >= 0.3 is 0 Å². The number of hydrogen-bond donors (Lipinski definition) is 0. The number of hydrogen-bond acceptors (Lipinski definition) is 2. The average molecular weight is 348 g/mol. The van der Waals surface area contributed by atoms with Gasteiger partial charge in [0.1, 0.15) is 0 Å². The summed E-state index contributed by atoms with van der Waals surface area (Å²) in [7, 11) is 0. The quantitative estimate of drug-likeness (QED) is 0.613. The van der Waals surface area contributed by atoms with E-state index in [0.29, 0.717) is 23.5 Å². The van der Waals surface area contributed by atoms with Crippen molar-refractivity contribution in [2.45, 2.75) is 58.0 Å². The van der Waals surface area contributed by atoms with Gasteiger partial charge in [0.2, 0.25) is 0 Å². The van der Waals surface area contributed by atoms with Crippen molar-refractivity contribution in [1.29, 1.82) is 5.26 Å². The van der Waals surface area contributed by atoms with E-state index in [1.54, 1.807) is 0 Å². The van der Waals surface area contributed by atoms with Gasteiger partial charge in [-0.15, -0.1) is 0 Å². The van der Waals surface area contributed by atoms with Gasteiger partial charge in [-0.3, -0.25) is 0 Å². The third kappa shape index (κ3) is 4.74. The van der Waals surface area contributed by atoms with E-state index in [1.165, 1.54) is 43.2 Å². The highest BCUT2D eigenvalue weighted by atomic mass is 16.5. The van der Waals surface area contributed by atoms with Crippen LogP contribution in [0.4, 0.5) is 0 Å². The number of rotatable bonds is 6. The summed E-state index contributed by atoms with van der Waals surface area (Å²) in [5.41, 5.74) is 4.53. The van der Waals surface area contributed by atoms with Gasteiger partial charge in [0.15, 0.2) is 0 Å². The molecular weight excluding hydrogens is 318 g/mol. The lowest BCUT2D eigenvalue weighted by molar-refractivity contribution is 0.00706. The Hall–Kier alpha value is -2.11. The molecule has 1 aliphatic rings. The Labute approximate surface area is 157 Å². The van der Waals surface area contributed by atoms with Crippen molar-refractivity contribution in [3.63, 3.8) is 0 Å². The zero-order chi connectivity index (χ0) is 18.4. The zero-order valence-electron chi connectivity index (χ0n) is 15.9. The van der Waals surface area contributed by atoms with Crippen LogP contribution >= 0.6 is 0 Å². The number of benzene rings is 2. The van der Waals surface area contributed by atoms with Gasteiger partial charge < -0.3 is 4.74 Å². The molecule has 0 saturated heterocycles. The van der Waals surface area contributed by atoms with E-state index < -0.39 is 0 Å². The Morgan fingerprint density at radius 2 is 1.54 bits per heavy atom. The highest BCUT2D eigenvalue weighted by Crippen LogP contribution is 2.35. The summed E-state index contributed by atoms with van der Waals surface area (Å²) in [4.78, 5) is 0. The maximum absolute atomic E-state index is 8.91. The maximum Gasteiger partial charge on any atom is 0.0991 e. The molecule has 0 aromatic heterocycles. The SMILES string of the molecule is CCC(C)COC1CCC(c2ccc(-c3ccc(C#N)cc3)cc2)CC1. The van der Waals surface area contributed by atoms with Gasteiger partial charge in [-0.2, -0.15) is 5.26 Å². The van der Waals surface area contributed by atoms with Crippen molar-refractivity contribution in [3.05, 3.63) is 59.7 Å². The second-order valence-corrected chi connectivity index (χ2v) is 7.63. The topological polar surface area (TPSA) is 33.0 Å². The molecule has 0 amide bonds. The summed E-state index contributed by atoms with van der Waals surface area (Å²) < 4.78 is 6.09. The molecule has 3 rings (SSSR count). The van der Waals surface area contributed by atoms with Gasteiger partial charge in [-0.1, -0.05) is 56.7 Å². The number of ether oxygens (including phenoxy) is 1. The largest absolute Gasteiger partial charge is 0.378 e. The summed E-state index contributed by atoms with van der Waals surface area (Å²) in [6.45, 7) is 5.40. The molecule has 0 radical (unpaired) electrons. The molecule has 0 N–H and O–H groups in total. The Morgan fingerprint density at radius 1 is 0.962 bits per heavy atom. The lowest BCUT2D eigenvalue weighted by Gasteiger charge is -2.29. The van der Waals surface area contributed by atoms with Crippen molar-refractivity contribution >= 4 is 0 Å². The van der Waals surface area contributed by atoms with Crippen LogP contribution in [0.2, 0.25) is 0 Å². The van der Waals surface area contributed by atoms with Crippen molar-refractivity contribution in [2.24, 2.45) is 5.92 Å². The van der Waals surface area contributed by atoms with Crippen molar-refractivity contribution in [1.82, 2.24) is 0 Å². The Morgan fingerprint density at radius 3 is 2.08 bits per heavy atom. The van der Waals surface area contributed by atoms with Crippen LogP contribution in [-0.2, 0) is 4.74 Å². The summed E-state index contributed by atoms with van der Waals surface area (Å²) >= 11 is 0. The van der Waals surface area contributed by atoms with Crippen LogP contribution in [0.1, 0.15) is 63.0 Å². The monoisotopic (exact) mass is 347 g/mol. The Balaban J connectivity index is 1.55. The Kier molecular flexibility index (Phi) is 6.47. The van der Waals surface area contributed by atoms with Crippen LogP contribution in [-0.4, -0.2) is 12.7 Å². The fraction of sp³-hybridized carbons (Fsp3) is 0.458. The van der Waals surface area contributed by atoms with Crippen LogP contribution in [0.3, 0.4) is 0 Å². The van der Waals surface area contributed by atoms with Crippen LogP contribution in [0.5, 0.6) is 0 Å². The van der Waals surface area contributed by atoms with Gasteiger partial charge in [0.25, 0.3) is 0 Å². The van der Waals surface area contributed by atoms with Gasteiger partial charge in [0.05, 0.1) is 17.7 Å². The molecule has 26 heavy (non-hydrogen) atoms. The molecule has 1 aliphatic carbocycles. The molecule has 0 heterocycles. The highest BCUT2D eigenvalue weighted by molar-refractivity contribution is 5.64. The molecule has 2 aromatic rings. The van der Waals surface area contributed by atoms with Gasteiger partial charge in [-0.05, 0) is 66.3 Å². The molecule has 1 unspecified atom stereocenters. The molecule has 0 bridgehead atoms. The second-order valence-electron chi connectivity index (χ2n) is 7.63. The summed E-state index contributed by atoms with van der Waals surface area (Å²) in [6.07, 6.45) is 6.46. The van der Waals surface area contributed by atoms with E-state index in [1.807, 2.05) is 24.3 Å².